The summed E-state index contributed by atoms with van der Waals surface area (Å²) in [6, 6.07) is 7.07. The zero-order chi connectivity index (χ0) is 15.2. The molecule has 5 heteroatoms. The van der Waals surface area contributed by atoms with Crippen LogP contribution in [0.4, 0.5) is 0 Å². The molecule has 21 heavy (non-hydrogen) atoms. The van der Waals surface area contributed by atoms with Gasteiger partial charge in [-0.2, -0.15) is 5.26 Å². The molecule has 5 nitrogen and oxygen atoms in total. The predicted octanol–water partition coefficient (Wildman–Crippen LogP) is 2.91. The van der Waals surface area contributed by atoms with Gasteiger partial charge in [0.1, 0.15) is 0 Å². The van der Waals surface area contributed by atoms with E-state index in [2.05, 4.69) is 13.8 Å². The highest BCUT2D eigenvalue weighted by molar-refractivity contribution is 5.87. The van der Waals surface area contributed by atoms with Crippen LogP contribution in [0.2, 0.25) is 0 Å². The number of nitrogens with zero attached hydrogens (tertiary/aromatic N) is 1. The molecule has 0 aromatic heterocycles. The Morgan fingerprint density at radius 1 is 1.43 bits per heavy atom. The normalized spacial score (nSPS) is 16.2. The summed E-state index contributed by atoms with van der Waals surface area (Å²) in [4.78, 5) is 11.5. The van der Waals surface area contributed by atoms with E-state index in [9.17, 15) is 4.79 Å². The molecule has 1 aliphatic heterocycles. The molecule has 0 bridgehead atoms. The molecule has 110 valence electrons. The van der Waals surface area contributed by atoms with Crippen LogP contribution >= 0.6 is 0 Å². The smallest absolute Gasteiger partial charge is 0.331 e. The number of ether oxygens (including phenoxy) is 3. The van der Waals surface area contributed by atoms with E-state index < -0.39 is 6.29 Å². The SMILES string of the molecule is CC(C)CCOC(=O)/C=C/c1ccc2c(c1)OC(C#N)O2. The molecule has 1 heterocycles. The van der Waals surface area contributed by atoms with Crippen molar-refractivity contribution in [1.29, 1.82) is 5.26 Å². The van der Waals surface area contributed by atoms with Crippen molar-refractivity contribution in [2.45, 2.75) is 26.6 Å². The Morgan fingerprint density at radius 2 is 2.19 bits per heavy atom. The average molecular weight is 287 g/mol. The maximum absolute atomic E-state index is 11.5. The highest BCUT2D eigenvalue weighted by atomic mass is 16.7. The summed E-state index contributed by atoms with van der Waals surface area (Å²) < 4.78 is 15.6. The third-order valence-electron chi connectivity index (χ3n) is 2.89. The van der Waals surface area contributed by atoms with Gasteiger partial charge in [-0.05, 0) is 36.1 Å². The Labute approximate surface area is 123 Å². The summed E-state index contributed by atoms with van der Waals surface area (Å²) >= 11 is 0. The van der Waals surface area contributed by atoms with Crippen LogP contribution in [-0.2, 0) is 9.53 Å². The van der Waals surface area contributed by atoms with E-state index in [0.29, 0.717) is 24.0 Å². The van der Waals surface area contributed by atoms with Gasteiger partial charge in [0, 0.05) is 6.08 Å². The van der Waals surface area contributed by atoms with Crippen LogP contribution in [0, 0.1) is 17.2 Å². The number of carbonyl (C=O) groups excluding carboxylic acids is 1. The van der Waals surface area contributed by atoms with Crippen molar-refractivity contribution < 1.29 is 19.0 Å². The largest absolute Gasteiger partial charge is 0.463 e. The maximum atomic E-state index is 11.5. The summed E-state index contributed by atoms with van der Waals surface area (Å²) in [5.41, 5.74) is 0.775. The molecular weight excluding hydrogens is 270 g/mol. The monoisotopic (exact) mass is 287 g/mol. The predicted molar refractivity (Wildman–Crippen MR) is 76.5 cm³/mol. The second kappa shape index (κ2) is 6.80. The van der Waals surface area contributed by atoms with Crippen molar-refractivity contribution in [3.05, 3.63) is 29.8 Å². The lowest BCUT2D eigenvalue weighted by atomic mass is 10.1. The average Bonchev–Trinajstić information content (AvgIpc) is 2.87. The van der Waals surface area contributed by atoms with Crippen LogP contribution in [-0.4, -0.2) is 18.9 Å². The Bertz CT molecular complexity index is 586. The quantitative estimate of drug-likeness (QED) is 0.615. The van der Waals surface area contributed by atoms with Gasteiger partial charge in [-0.15, -0.1) is 0 Å². The number of esters is 1. The van der Waals surface area contributed by atoms with Crippen molar-refractivity contribution in [3.63, 3.8) is 0 Å². The Morgan fingerprint density at radius 3 is 2.90 bits per heavy atom. The molecule has 0 N–H and O–H groups in total. The second-order valence-corrected chi connectivity index (χ2v) is 5.09. The molecule has 0 aliphatic carbocycles. The first-order chi connectivity index (χ1) is 10.1. The van der Waals surface area contributed by atoms with Gasteiger partial charge in [-0.25, -0.2) is 4.79 Å². The van der Waals surface area contributed by atoms with Crippen LogP contribution in [0.1, 0.15) is 25.8 Å². The van der Waals surface area contributed by atoms with Crippen molar-refractivity contribution in [3.8, 4) is 17.6 Å². The maximum Gasteiger partial charge on any atom is 0.331 e. The zero-order valence-electron chi connectivity index (χ0n) is 12.0. The molecule has 2 rings (SSSR count). The fourth-order valence-electron chi connectivity index (χ4n) is 1.73. The van der Waals surface area contributed by atoms with E-state index in [-0.39, 0.29) is 5.97 Å². The third-order valence-corrected chi connectivity index (χ3v) is 2.89. The van der Waals surface area contributed by atoms with E-state index in [1.54, 1.807) is 24.3 Å². The molecule has 0 fully saturated rings. The number of fused-ring (bicyclic) bond motifs is 1. The van der Waals surface area contributed by atoms with Gasteiger partial charge in [0.25, 0.3) is 0 Å². The summed E-state index contributed by atoms with van der Waals surface area (Å²) in [6.07, 6.45) is 2.96. The Hall–Kier alpha value is -2.48. The summed E-state index contributed by atoms with van der Waals surface area (Å²) in [5, 5.41) is 8.73. The molecule has 1 aliphatic rings. The fourth-order valence-corrected chi connectivity index (χ4v) is 1.73. The lowest BCUT2D eigenvalue weighted by Crippen LogP contribution is -2.14. The van der Waals surface area contributed by atoms with Gasteiger partial charge >= 0.3 is 12.3 Å². The fraction of sp³-hybridized carbons (Fsp3) is 0.375. The van der Waals surface area contributed by atoms with Gasteiger partial charge in [0.15, 0.2) is 17.6 Å². The third kappa shape index (κ3) is 4.25. The van der Waals surface area contributed by atoms with Gasteiger partial charge in [0.2, 0.25) is 0 Å². The van der Waals surface area contributed by atoms with E-state index in [1.165, 1.54) is 6.08 Å². The van der Waals surface area contributed by atoms with Crippen molar-refractivity contribution in [2.75, 3.05) is 6.61 Å². The molecule has 0 spiro atoms. The molecule has 1 aromatic rings. The molecule has 0 saturated heterocycles. The van der Waals surface area contributed by atoms with E-state index in [1.807, 2.05) is 6.07 Å². The van der Waals surface area contributed by atoms with Gasteiger partial charge in [-0.1, -0.05) is 19.9 Å². The van der Waals surface area contributed by atoms with Gasteiger partial charge < -0.3 is 14.2 Å². The van der Waals surface area contributed by atoms with Crippen LogP contribution in [0.15, 0.2) is 24.3 Å². The topological polar surface area (TPSA) is 68.5 Å². The second-order valence-electron chi connectivity index (χ2n) is 5.09. The number of hydrogen-bond acceptors (Lipinski definition) is 5. The highest BCUT2D eigenvalue weighted by Crippen LogP contribution is 2.35. The number of hydrogen-bond donors (Lipinski definition) is 0. The van der Waals surface area contributed by atoms with Crippen molar-refractivity contribution >= 4 is 12.0 Å². The molecule has 0 radical (unpaired) electrons. The zero-order valence-corrected chi connectivity index (χ0v) is 12.0. The Balaban J connectivity index is 1.91. The molecule has 1 unspecified atom stereocenters. The molecule has 0 saturated carbocycles. The molecule has 1 aromatic carbocycles. The van der Waals surface area contributed by atoms with Gasteiger partial charge in [0.05, 0.1) is 6.61 Å². The summed E-state index contributed by atoms with van der Waals surface area (Å²) in [5.74, 6) is 1.15. The first-order valence-electron chi connectivity index (χ1n) is 6.80. The van der Waals surface area contributed by atoms with Crippen LogP contribution < -0.4 is 9.47 Å². The lowest BCUT2D eigenvalue weighted by Gasteiger charge is -2.04. The minimum absolute atomic E-state index is 0.372. The van der Waals surface area contributed by atoms with Gasteiger partial charge in [-0.3, -0.25) is 0 Å². The molecular formula is C16H17NO4. The minimum Gasteiger partial charge on any atom is -0.463 e. The first-order valence-corrected chi connectivity index (χ1v) is 6.80. The van der Waals surface area contributed by atoms with Crippen molar-refractivity contribution in [1.82, 2.24) is 0 Å². The number of nitriles is 1. The molecule has 0 amide bonds. The summed E-state index contributed by atoms with van der Waals surface area (Å²) in [7, 11) is 0. The highest BCUT2D eigenvalue weighted by Gasteiger charge is 2.23. The number of carbonyl (C=O) groups is 1. The first kappa shape index (κ1) is 14.9. The summed E-state index contributed by atoms with van der Waals surface area (Å²) in [6.45, 7) is 4.57. The Kier molecular flexibility index (Phi) is 4.83. The van der Waals surface area contributed by atoms with E-state index in [0.717, 1.165) is 12.0 Å². The van der Waals surface area contributed by atoms with Crippen LogP contribution in [0.25, 0.3) is 6.08 Å². The van der Waals surface area contributed by atoms with Crippen LogP contribution in [0.3, 0.4) is 0 Å². The lowest BCUT2D eigenvalue weighted by molar-refractivity contribution is -0.137. The number of rotatable bonds is 5. The van der Waals surface area contributed by atoms with Crippen LogP contribution in [0.5, 0.6) is 11.5 Å². The standard InChI is InChI=1S/C16H17NO4/c1-11(2)7-8-19-15(18)6-4-12-3-5-13-14(9-12)21-16(10-17)20-13/h3-6,9,11,16H,7-8H2,1-2H3/b6-4+. The van der Waals surface area contributed by atoms with E-state index in [4.69, 9.17) is 19.5 Å². The molecule has 1 atom stereocenters. The number of benzene rings is 1. The van der Waals surface area contributed by atoms with E-state index >= 15 is 0 Å². The van der Waals surface area contributed by atoms with Crippen molar-refractivity contribution in [2.24, 2.45) is 5.92 Å². The minimum atomic E-state index is -0.903.